The van der Waals surface area contributed by atoms with Crippen molar-refractivity contribution in [2.75, 3.05) is 0 Å². The summed E-state index contributed by atoms with van der Waals surface area (Å²) in [4.78, 5) is 11.3. The summed E-state index contributed by atoms with van der Waals surface area (Å²) in [5.41, 5.74) is 2.86. The molecule has 2 aliphatic carbocycles. The van der Waals surface area contributed by atoms with Crippen LogP contribution in [0.15, 0.2) is 60.7 Å². The molecular formula is C21H22O2. The summed E-state index contributed by atoms with van der Waals surface area (Å²) in [5.74, 6) is 0.625. The Bertz CT molecular complexity index is 668. The van der Waals surface area contributed by atoms with Crippen molar-refractivity contribution >= 4 is 5.97 Å². The lowest BCUT2D eigenvalue weighted by molar-refractivity contribution is -0.141. The molecule has 118 valence electrons. The van der Waals surface area contributed by atoms with E-state index in [9.17, 15) is 9.90 Å². The third kappa shape index (κ3) is 2.28. The van der Waals surface area contributed by atoms with Gasteiger partial charge >= 0.3 is 5.97 Å². The fourth-order valence-corrected chi connectivity index (χ4v) is 4.56. The van der Waals surface area contributed by atoms with Crippen LogP contribution in [0.4, 0.5) is 0 Å². The zero-order chi connectivity index (χ0) is 16.0. The number of carboxylic acid groups (broad SMARTS) is 1. The van der Waals surface area contributed by atoms with Gasteiger partial charge in [0.2, 0.25) is 0 Å². The van der Waals surface area contributed by atoms with E-state index in [0.29, 0.717) is 17.8 Å². The summed E-state index contributed by atoms with van der Waals surface area (Å²) >= 11 is 0. The van der Waals surface area contributed by atoms with Crippen LogP contribution in [-0.2, 0) is 10.2 Å². The fourth-order valence-electron chi connectivity index (χ4n) is 4.56. The van der Waals surface area contributed by atoms with E-state index >= 15 is 0 Å². The van der Waals surface area contributed by atoms with Crippen molar-refractivity contribution in [2.45, 2.75) is 25.2 Å². The predicted octanol–water partition coefficient (Wildman–Crippen LogP) is 4.35. The maximum atomic E-state index is 11.3. The molecule has 2 aromatic carbocycles. The average molecular weight is 306 g/mol. The largest absolute Gasteiger partial charge is 0.481 e. The van der Waals surface area contributed by atoms with Gasteiger partial charge in [-0.05, 0) is 41.7 Å². The number of hydrogen-bond donors (Lipinski definition) is 1. The number of carboxylic acids is 1. The lowest BCUT2D eigenvalue weighted by Crippen LogP contribution is -2.16. The van der Waals surface area contributed by atoms with Crippen LogP contribution in [-0.4, -0.2) is 11.1 Å². The van der Waals surface area contributed by atoms with Gasteiger partial charge in [0.1, 0.15) is 0 Å². The first-order valence-electron chi connectivity index (χ1n) is 8.48. The number of aliphatic carboxylic acids is 1. The molecule has 1 N–H and O–H groups in total. The van der Waals surface area contributed by atoms with E-state index in [1.54, 1.807) is 0 Å². The van der Waals surface area contributed by atoms with E-state index < -0.39 is 5.97 Å². The lowest BCUT2D eigenvalue weighted by Gasteiger charge is -2.19. The molecule has 4 rings (SSSR count). The van der Waals surface area contributed by atoms with Crippen LogP contribution in [0.1, 0.15) is 30.9 Å². The van der Waals surface area contributed by atoms with Crippen LogP contribution >= 0.6 is 0 Å². The first-order chi connectivity index (χ1) is 11.1. The van der Waals surface area contributed by atoms with Gasteiger partial charge in [0.05, 0.1) is 5.92 Å². The first-order valence-corrected chi connectivity index (χ1v) is 8.48. The van der Waals surface area contributed by atoms with E-state index in [2.05, 4.69) is 60.7 Å². The maximum absolute atomic E-state index is 11.3. The zero-order valence-electron chi connectivity index (χ0n) is 13.4. The third-order valence-electron chi connectivity index (χ3n) is 6.03. The average Bonchev–Trinajstić information content (AvgIpc) is 3.48. The van der Waals surface area contributed by atoms with Gasteiger partial charge in [-0.2, -0.15) is 0 Å². The molecule has 0 amide bonds. The molecule has 4 atom stereocenters. The molecule has 2 saturated carbocycles. The molecule has 0 aromatic heterocycles. The van der Waals surface area contributed by atoms with Crippen LogP contribution in [0, 0.1) is 23.7 Å². The second kappa shape index (κ2) is 5.23. The second-order valence-electron chi connectivity index (χ2n) is 7.20. The third-order valence-corrected chi connectivity index (χ3v) is 6.03. The zero-order valence-corrected chi connectivity index (χ0v) is 13.4. The van der Waals surface area contributed by atoms with Crippen molar-refractivity contribution < 1.29 is 9.90 Å². The molecule has 0 heterocycles. The van der Waals surface area contributed by atoms with Crippen molar-refractivity contribution in [3.63, 3.8) is 0 Å². The minimum atomic E-state index is -0.650. The Kier molecular flexibility index (Phi) is 3.29. The van der Waals surface area contributed by atoms with Gasteiger partial charge in [-0.15, -0.1) is 0 Å². The Labute approximate surface area is 137 Å². The van der Waals surface area contributed by atoms with Gasteiger partial charge in [-0.3, -0.25) is 4.79 Å². The molecular weight excluding hydrogens is 284 g/mol. The smallest absolute Gasteiger partial charge is 0.306 e. The highest BCUT2D eigenvalue weighted by molar-refractivity contribution is 5.70. The monoisotopic (exact) mass is 306 g/mol. The molecule has 0 bridgehead atoms. The second-order valence-corrected chi connectivity index (χ2v) is 7.20. The Morgan fingerprint density at radius 3 is 2.04 bits per heavy atom. The van der Waals surface area contributed by atoms with Crippen molar-refractivity contribution in [1.82, 2.24) is 0 Å². The number of hydrogen-bond acceptors (Lipinski definition) is 1. The van der Waals surface area contributed by atoms with Crippen molar-refractivity contribution in [3.05, 3.63) is 71.8 Å². The topological polar surface area (TPSA) is 37.3 Å². The highest BCUT2D eigenvalue weighted by Gasteiger charge is 2.65. The van der Waals surface area contributed by atoms with Crippen LogP contribution in [0.3, 0.4) is 0 Å². The molecule has 23 heavy (non-hydrogen) atoms. The van der Waals surface area contributed by atoms with Gasteiger partial charge in [-0.25, -0.2) is 0 Å². The molecule has 2 aliphatic rings. The number of carbonyl (C=O) groups is 1. The molecule has 2 heteroatoms. The number of benzene rings is 2. The van der Waals surface area contributed by atoms with Crippen LogP contribution in [0.2, 0.25) is 0 Å². The molecule has 2 nitrogen and oxygen atoms in total. The van der Waals surface area contributed by atoms with Crippen LogP contribution in [0.25, 0.3) is 0 Å². The molecule has 0 spiro atoms. The fraction of sp³-hybridized carbons (Fsp3) is 0.381. The molecule has 0 saturated heterocycles. The van der Waals surface area contributed by atoms with Crippen LogP contribution < -0.4 is 0 Å². The SMILES string of the molecule is C[C@H](C(=O)O)[C@H]1C[C@@H]1[C@H]1CC1(c1ccccc1)c1ccccc1. The summed E-state index contributed by atoms with van der Waals surface area (Å²) < 4.78 is 0. The quantitative estimate of drug-likeness (QED) is 0.891. The minimum absolute atomic E-state index is 0.0974. The van der Waals surface area contributed by atoms with E-state index in [1.165, 1.54) is 11.1 Å². The van der Waals surface area contributed by atoms with Crippen LogP contribution in [0.5, 0.6) is 0 Å². The molecule has 2 aromatic rings. The summed E-state index contributed by atoms with van der Waals surface area (Å²) in [6, 6.07) is 21.5. The van der Waals surface area contributed by atoms with Crippen molar-refractivity contribution in [3.8, 4) is 0 Å². The highest BCUT2D eigenvalue weighted by Crippen LogP contribution is 2.69. The molecule has 0 unspecified atom stereocenters. The van der Waals surface area contributed by atoms with E-state index in [4.69, 9.17) is 0 Å². The molecule has 2 fully saturated rings. The first kappa shape index (κ1) is 14.5. The Morgan fingerprint density at radius 2 is 1.57 bits per heavy atom. The molecule has 0 aliphatic heterocycles. The number of rotatable bonds is 5. The van der Waals surface area contributed by atoms with Gasteiger partial charge in [0, 0.05) is 5.41 Å². The van der Waals surface area contributed by atoms with Crippen molar-refractivity contribution in [1.29, 1.82) is 0 Å². The Hall–Kier alpha value is -2.09. The lowest BCUT2D eigenvalue weighted by atomic mass is 9.84. The van der Waals surface area contributed by atoms with E-state index in [0.717, 1.165) is 12.8 Å². The van der Waals surface area contributed by atoms with Gasteiger partial charge in [0.15, 0.2) is 0 Å². The minimum Gasteiger partial charge on any atom is -0.481 e. The highest BCUT2D eigenvalue weighted by atomic mass is 16.4. The Balaban J connectivity index is 1.65. The standard InChI is InChI=1S/C21H22O2/c1-14(20(22)23)17-12-18(17)19-13-21(19,15-8-4-2-5-9-15)16-10-6-3-7-11-16/h2-11,14,17-19H,12-13H2,1H3,(H,22,23)/t14-,17+,18-,19+/m0/s1. The van der Waals surface area contributed by atoms with E-state index in [1.807, 2.05) is 6.92 Å². The van der Waals surface area contributed by atoms with Gasteiger partial charge in [-0.1, -0.05) is 67.6 Å². The van der Waals surface area contributed by atoms with Crippen molar-refractivity contribution in [2.24, 2.45) is 23.7 Å². The summed E-state index contributed by atoms with van der Waals surface area (Å²) in [7, 11) is 0. The van der Waals surface area contributed by atoms with E-state index in [-0.39, 0.29) is 11.3 Å². The Morgan fingerprint density at radius 1 is 1.04 bits per heavy atom. The van der Waals surface area contributed by atoms with Gasteiger partial charge < -0.3 is 5.11 Å². The molecule has 0 radical (unpaired) electrons. The summed E-state index contributed by atoms with van der Waals surface area (Å²) in [5, 5.41) is 9.28. The maximum Gasteiger partial charge on any atom is 0.306 e. The van der Waals surface area contributed by atoms with Gasteiger partial charge in [0.25, 0.3) is 0 Å². The normalized spacial score (nSPS) is 28.8. The summed E-state index contributed by atoms with van der Waals surface area (Å²) in [6.45, 7) is 1.86. The summed E-state index contributed by atoms with van der Waals surface area (Å²) in [6.07, 6.45) is 2.22. The predicted molar refractivity (Wildman–Crippen MR) is 90.2 cm³/mol.